The number of piperidine rings is 1. The fourth-order valence-corrected chi connectivity index (χ4v) is 5.25. The van der Waals surface area contributed by atoms with Gasteiger partial charge in [0.2, 0.25) is 0 Å². The predicted octanol–water partition coefficient (Wildman–Crippen LogP) is 4.82. The zero-order valence-electron chi connectivity index (χ0n) is 15.0. The van der Waals surface area contributed by atoms with Crippen molar-refractivity contribution >= 4 is 23.2 Å². The Balaban J connectivity index is 1.61. The highest BCUT2D eigenvalue weighted by Gasteiger charge is 2.52. The van der Waals surface area contributed by atoms with Crippen LogP contribution >= 0.6 is 23.2 Å². The van der Waals surface area contributed by atoms with Gasteiger partial charge in [-0.05, 0) is 43.0 Å². The lowest BCUT2D eigenvalue weighted by Crippen LogP contribution is -2.58. The highest BCUT2D eigenvalue weighted by Crippen LogP contribution is 2.49. The van der Waals surface area contributed by atoms with Gasteiger partial charge in [0.05, 0.1) is 15.7 Å². The third-order valence-electron chi connectivity index (χ3n) is 6.12. The molecule has 5 heteroatoms. The Morgan fingerprint density at radius 1 is 1.15 bits per heavy atom. The number of hydrogen-bond donors (Lipinski definition) is 1. The van der Waals surface area contributed by atoms with Crippen LogP contribution in [-0.4, -0.2) is 28.1 Å². The van der Waals surface area contributed by atoms with E-state index in [1.165, 1.54) is 6.42 Å². The molecule has 2 atom stereocenters. The zero-order chi connectivity index (χ0) is 18.3. The van der Waals surface area contributed by atoms with Gasteiger partial charge in [-0.1, -0.05) is 47.8 Å². The van der Waals surface area contributed by atoms with E-state index in [-0.39, 0.29) is 11.8 Å². The van der Waals surface area contributed by atoms with Crippen LogP contribution in [0.2, 0.25) is 10.0 Å². The summed E-state index contributed by atoms with van der Waals surface area (Å²) in [6.45, 7) is 4.52. The molecule has 26 heavy (non-hydrogen) atoms. The van der Waals surface area contributed by atoms with Crippen molar-refractivity contribution in [3.8, 4) is 0 Å². The molecule has 3 nitrogen and oxygen atoms in total. The molecule has 1 aliphatic carbocycles. The molecule has 1 saturated heterocycles. The number of benzene rings is 1. The minimum atomic E-state index is -0.821. The van der Waals surface area contributed by atoms with Crippen molar-refractivity contribution in [2.75, 3.05) is 13.1 Å². The summed E-state index contributed by atoms with van der Waals surface area (Å²) in [6.07, 6.45) is 5.04. The maximum Gasteiger partial charge on any atom is 0.115 e. The topological polar surface area (TPSA) is 36.4 Å². The summed E-state index contributed by atoms with van der Waals surface area (Å²) in [5.74, 6) is 0.392. The summed E-state index contributed by atoms with van der Waals surface area (Å²) in [6, 6.07) is 9.79. The van der Waals surface area contributed by atoms with E-state index in [4.69, 9.17) is 23.2 Å². The fourth-order valence-electron chi connectivity index (χ4n) is 4.88. The van der Waals surface area contributed by atoms with Gasteiger partial charge in [0, 0.05) is 37.7 Å². The smallest absolute Gasteiger partial charge is 0.115 e. The molecular weight excluding hydrogens is 367 g/mol. The average Bonchev–Trinajstić information content (AvgIpc) is 2.60. The summed E-state index contributed by atoms with van der Waals surface area (Å²) in [5, 5.41) is 13.0. The lowest BCUT2D eigenvalue weighted by Gasteiger charge is -2.53. The monoisotopic (exact) mass is 390 g/mol. The Bertz CT molecular complexity index is 796. The Morgan fingerprint density at radius 3 is 2.58 bits per heavy atom. The van der Waals surface area contributed by atoms with Gasteiger partial charge in [-0.2, -0.15) is 0 Å². The van der Waals surface area contributed by atoms with E-state index in [1.807, 2.05) is 37.3 Å². The van der Waals surface area contributed by atoms with Gasteiger partial charge in [0.25, 0.3) is 0 Å². The number of likely N-dealkylation sites (tertiary alicyclic amines) is 1. The number of aliphatic hydroxyl groups is 1. The highest BCUT2D eigenvalue weighted by molar-refractivity contribution is 6.42. The molecule has 2 fully saturated rings. The number of nitrogens with zero attached hydrogens (tertiary/aromatic N) is 2. The van der Waals surface area contributed by atoms with Crippen LogP contribution in [0.4, 0.5) is 0 Å². The minimum Gasteiger partial charge on any atom is -0.383 e. The van der Waals surface area contributed by atoms with Gasteiger partial charge in [0.15, 0.2) is 0 Å². The zero-order valence-corrected chi connectivity index (χ0v) is 16.5. The lowest BCUT2D eigenvalue weighted by molar-refractivity contribution is -0.151. The van der Waals surface area contributed by atoms with Crippen LogP contribution in [0.3, 0.4) is 0 Å². The minimum absolute atomic E-state index is 0.196. The Morgan fingerprint density at radius 2 is 1.88 bits per heavy atom. The van der Waals surface area contributed by atoms with Crippen molar-refractivity contribution in [1.29, 1.82) is 0 Å². The molecule has 1 saturated carbocycles. The van der Waals surface area contributed by atoms with E-state index in [2.05, 4.69) is 9.88 Å². The molecule has 0 spiro atoms. The molecular formula is C21H24Cl2N2O. The number of halogens is 2. The second kappa shape index (κ2) is 7.12. The predicted molar refractivity (Wildman–Crippen MR) is 105 cm³/mol. The molecule has 2 aromatic rings. The van der Waals surface area contributed by atoms with E-state index >= 15 is 0 Å². The first-order valence-corrected chi connectivity index (χ1v) is 10.1. The molecule has 0 radical (unpaired) electrons. The van der Waals surface area contributed by atoms with E-state index in [1.54, 1.807) is 6.20 Å². The largest absolute Gasteiger partial charge is 0.383 e. The first-order chi connectivity index (χ1) is 12.5. The number of pyridine rings is 1. The van der Waals surface area contributed by atoms with Crippen molar-refractivity contribution < 1.29 is 5.11 Å². The summed E-state index contributed by atoms with van der Waals surface area (Å²) in [4.78, 5) is 7.00. The Kier molecular flexibility index (Phi) is 5.00. The van der Waals surface area contributed by atoms with Crippen LogP contribution < -0.4 is 0 Å². The van der Waals surface area contributed by atoms with Crippen molar-refractivity contribution in [2.45, 2.75) is 38.3 Å². The molecule has 0 unspecified atom stereocenters. The second-order valence-electron chi connectivity index (χ2n) is 7.73. The van der Waals surface area contributed by atoms with Crippen LogP contribution in [0.5, 0.6) is 0 Å². The van der Waals surface area contributed by atoms with Crippen molar-refractivity contribution in [3.05, 3.63) is 63.4 Å². The van der Waals surface area contributed by atoms with Crippen LogP contribution in [-0.2, 0) is 12.1 Å². The van der Waals surface area contributed by atoms with E-state index in [0.29, 0.717) is 10.0 Å². The van der Waals surface area contributed by atoms with Gasteiger partial charge in [0.1, 0.15) is 5.60 Å². The summed E-state index contributed by atoms with van der Waals surface area (Å²) in [7, 11) is 0. The molecule has 2 heterocycles. The molecule has 4 rings (SSSR count). The highest BCUT2D eigenvalue weighted by atomic mass is 35.5. The van der Waals surface area contributed by atoms with Crippen LogP contribution in [0, 0.1) is 18.8 Å². The molecule has 2 aliphatic rings. The van der Waals surface area contributed by atoms with E-state index in [9.17, 15) is 5.11 Å². The molecule has 1 N–H and O–H groups in total. The van der Waals surface area contributed by atoms with Gasteiger partial charge >= 0.3 is 0 Å². The molecule has 0 amide bonds. The number of aryl methyl sites for hydroxylation is 1. The number of aromatic nitrogens is 1. The maximum absolute atomic E-state index is 11.7. The number of rotatable bonds is 3. The van der Waals surface area contributed by atoms with Gasteiger partial charge in [-0.3, -0.25) is 9.88 Å². The van der Waals surface area contributed by atoms with Crippen molar-refractivity contribution in [1.82, 2.24) is 9.88 Å². The normalized spacial score (nSPS) is 28.9. The molecule has 2 bridgehead atoms. The molecule has 1 aromatic heterocycles. The van der Waals surface area contributed by atoms with Crippen molar-refractivity contribution in [3.63, 3.8) is 0 Å². The molecule has 138 valence electrons. The fraction of sp³-hybridized carbons (Fsp3) is 0.476. The standard InChI is InChI=1S/C21H24Cl2N2O/c1-14-5-4-10-24-20(14)21(26)16-7-3-8-17(21)13-25(12-16)11-15-6-2-9-18(22)19(15)23/h2,4-6,9-10,16-17,26H,3,7-8,11-13H2,1H3/t16-,17-/m0/s1. The first kappa shape index (κ1) is 18.2. The Hall–Kier alpha value is -1.13. The second-order valence-corrected chi connectivity index (χ2v) is 8.51. The lowest BCUT2D eigenvalue weighted by atomic mass is 9.63. The van der Waals surface area contributed by atoms with Crippen molar-refractivity contribution in [2.24, 2.45) is 11.8 Å². The quantitative estimate of drug-likeness (QED) is 0.815. The van der Waals surface area contributed by atoms with Crippen LogP contribution in [0.15, 0.2) is 36.5 Å². The van der Waals surface area contributed by atoms with Crippen LogP contribution in [0.1, 0.15) is 36.1 Å². The number of fused-ring (bicyclic) bond motifs is 2. The molecule has 1 aromatic carbocycles. The summed E-state index contributed by atoms with van der Waals surface area (Å²) >= 11 is 12.6. The Labute approximate surface area is 165 Å². The molecule has 1 aliphatic heterocycles. The van der Waals surface area contributed by atoms with E-state index < -0.39 is 5.60 Å². The summed E-state index contributed by atoms with van der Waals surface area (Å²) in [5.41, 5.74) is 2.18. The first-order valence-electron chi connectivity index (χ1n) is 9.30. The van der Waals surface area contributed by atoms with Gasteiger partial charge < -0.3 is 5.11 Å². The van der Waals surface area contributed by atoms with Gasteiger partial charge in [-0.15, -0.1) is 0 Å². The third-order valence-corrected chi connectivity index (χ3v) is 6.98. The summed E-state index contributed by atoms with van der Waals surface area (Å²) < 4.78 is 0. The SMILES string of the molecule is Cc1cccnc1C1(O)[C@H]2CCC[C@H]1CN(Cc1cccc(Cl)c1Cl)C2. The average molecular weight is 391 g/mol. The third kappa shape index (κ3) is 3.05. The maximum atomic E-state index is 11.7. The number of hydrogen-bond acceptors (Lipinski definition) is 3. The van der Waals surface area contributed by atoms with Crippen LogP contribution in [0.25, 0.3) is 0 Å². The van der Waals surface area contributed by atoms with E-state index in [0.717, 1.165) is 49.3 Å². The van der Waals surface area contributed by atoms with Gasteiger partial charge in [-0.25, -0.2) is 0 Å².